The number of amides is 1. The first kappa shape index (κ1) is 13.3. The average molecular weight is 268 g/mol. The van der Waals surface area contributed by atoms with Gasteiger partial charge in [0, 0.05) is 29.1 Å². The highest BCUT2D eigenvalue weighted by molar-refractivity contribution is 7.99. The van der Waals surface area contributed by atoms with E-state index in [4.69, 9.17) is 0 Å². The van der Waals surface area contributed by atoms with Crippen LogP contribution in [-0.4, -0.2) is 27.9 Å². The van der Waals surface area contributed by atoms with Gasteiger partial charge >= 0.3 is 0 Å². The van der Waals surface area contributed by atoms with Crippen molar-refractivity contribution in [2.24, 2.45) is 0 Å². The highest BCUT2D eigenvalue weighted by atomic mass is 32.2. The van der Waals surface area contributed by atoms with Crippen LogP contribution in [0.4, 0.5) is 4.39 Å². The fourth-order valence-electron chi connectivity index (χ4n) is 2.27. The van der Waals surface area contributed by atoms with Crippen molar-refractivity contribution in [3.05, 3.63) is 29.8 Å². The Kier molecular flexibility index (Phi) is 4.58. The van der Waals surface area contributed by atoms with Gasteiger partial charge in [-0.15, -0.1) is 0 Å². The quantitative estimate of drug-likeness (QED) is 0.854. The molecule has 1 aliphatic carbocycles. The van der Waals surface area contributed by atoms with Crippen LogP contribution in [0, 0.1) is 5.95 Å². The second-order valence-electron chi connectivity index (χ2n) is 4.43. The van der Waals surface area contributed by atoms with Gasteiger partial charge in [0.2, 0.25) is 5.95 Å². The molecule has 0 bridgehead atoms. The fraction of sp³-hybridized carbons (Fsp3) is 0.538. The first-order valence-electron chi connectivity index (χ1n) is 6.23. The third kappa shape index (κ3) is 3.45. The van der Waals surface area contributed by atoms with Crippen molar-refractivity contribution in [3.8, 4) is 0 Å². The van der Waals surface area contributed by atoms with Crippen LogP contribution in [0.15, 0.2) is 18.3 Å². The summed E-state index contributed by atoms with van der Waals surface area (Å²) in [6.07, 6.45) is 4.48. The Bertz CT molecular complexity index is 427. The van der Waals surface area contributed by atoms with Gasteiger partial charge in [0.1, 0.15) is 0 Å². The van der Waals surface area contributed by atoms with Crippen LogP contribution in [0.5, 0.6) is 0 Å². The molecule has 18 heavy (non-hydrogen) atoms. The van der Waals surface area contributed by atoms with Crippen LogP contribution < -0.4 is 5.32 Å². The van der Waals surface area contributed by atoms with Crippen LogP contribution >= 0.6 is 11.8 Å². The van der Waals surface area contributed by atoms with E-state index in [0.717, 1.165) is 25.0 Å². The Hall–Kier alpha value is -1.10. The van der Waals surface area contributed by atoms with E-state index in [1.54, 1.807) is 0 Å². The number of hydrogen-bond acceptors (Lipinski definition) is 3. The van der Waals surface area contributed by atoms with Gasteiger partial charge in [-0.1, -0.05) is 6.92 Å². The molecule has 0 radical (unpaired) electrons. The predicted octanol–water partition coefficient (Wildman–Crippen LogP) is 2.62. The molecule has 0 spiro atoms. The van der Waals surface area contributed by atoms with Gasteiger partial charge in [-0.05, 0) is 31.1 Å². The van der Waals surface area contributed by atoms with E-state index in [0.29, 0.717) is 10.8 Å². The number of thioether (sulfide) groups is 1. The summed E-state index contributed by atoms with van der Waals surface area (Å²) in [4.78, 5) is 15.3. The molecule has 2 unspecified atom stereocenters. The number of nitrogens with zero attached hydrogens (tertiary/aromatic N) is 1. The van der Waals surface area contributed by atoms with Crippen LogP contribution in [-0.2, 0) is 0 Å². The van der Waals surface area contributed by atoms with Crippen molar-refractivity contribution in [3.63, 3.8) is 0 Å². The minimum atomic E-state index is -0.617. The number of halogens is 1. The SMILES string of the molecule is CCSC1CCC(NC(=O)c2ccnc(F)c2)C1. The van der Waals surface area contributed by atoms with Crippen molar-refractivity contribution in [2.75, 3.05) is 5.75 Å². The smallest absolute Gasteiger partial charge is 0.251 e. The topological polar surface area (TPSA) is 42.0 Å². The minimum Gasteiger partial charge on any atom is -0.349 e. The van der Waals surface area contributed by atoms with Crippen molar-refractivity contribution in [1.29, 1.82) is 0 Å². The molecule has 1 saturated carbocycles. The molecule has 1 aromatic heterocycles. The number of carbonyl (C=O) groups excluding carboxylic acids is 1. The molecular formula is C13H17FN2OS. The lowest BCUT2D eigenvalue weighted by molar-refractivity contribution is 0.0937. The molecule has 1 fully saturated rings. The standard InChI is InChI=1S/C13H17FN2OS/c1-2-18-11-4-3-10(8-11)16-13(17)9-5-6-15-12(14)7-9/h5-7,10-11H,2-4,8H2,1H3,(H,16,17). The Morgan fingerprint density at radius 1 is 1.61 bits per heavy atom. The summed E-state index contributed by atoms with van der Waals surface area (Å²) < 4.78 is 12.9. The normalized spacial score (nSPS) is 23.0. The number of nitrogens with one attached hydrogen (secondary N) is 1. The number of pyridine rings is 1. The molecule has 5 heteroatoms. The maximum Gasteiger partial charge on any atom is 0.251 e. The lowest BCUT2D eigenvalue weighted by Crippen LogP contribution is -2.33. The monoisotopic (exact) mass is 268 g/mol. The molecule has 0 saturated heterocycles. The largest absolute Gasteiger partial charge is 0.349 e. The van der Waals surface area contributed by atoms with E-state index in [2.05, 4.69) is 17.2 Å². The zero-order chi connectivity index (χ0) is 13.0. The first-order chi connectivity index (χ1) is 8.69. The van der Waals surface area contributed by atoms with Gasteiger partial charge in [0.05, 0.1) is 0 Å². The molecule has 1 heterocycles. The Balaban J connectivity index is 1.89. The first-order valence-corrected chi connectivity index (χ1v) is 7.28. The van der Waals surface area contributed by atoms with Gasteiger partial charge in [-0.25, -0.2) is 4.98 Å². The molecule has 1 amide bonds. The van der Waals surface area contributed by atoms with Gasteiger partial charge in [0.15, 0.2) is 0 Å². The zero-order valence-corrected chi connectivity index (χ0v) is 11.2. The summed E-state index contributed by atoms with van der Waals surface area (Å²) in [5, 5.41) is 3.61. The molecule has 0 aromatic carbocycles. The summed E-state index contributed by atoms with van der Waals surface area (Å²) in [6, 6.07) is 2.92. The fourth-order valence-corrected chi connectivity index (χ4v) is 3.41. The third-order valence-electron chi connectivity index (χ3n) is 3.11. The number of aromatic nitrogens is 1. The lowest BCUT2D eigenvalue weighted by Gasteiger charge is -2.13. The molecule has 2 atom stereocenters. The van der Waals surface area contributed by atoms with Crippen molar-refractivity contribution in [1.82, 2.24) is 10.3 Å². The minimum absolute atomic E-state index is 0.205. The highest BCUT2D eigenvalue weighted by Crippen LogP contribution is 2.29. The van der Waals surface area contributed by atoms with E-state index < -0.39 is 5.95 Å². The second kappa shape index (κ2) is 6.18. The second-order valence-corrected chi connectivity index (χ2v) is 6.01. The Morgan fingerprint density at radius 3 is 3.17 bits per heavy atom. The lowest BCUT2D eigenvalue weighted by atomic mass is 10.2. The van der Waals surface area contributed by atoms with Gasteiger partial charge < -0.3 is 5.32 Å². The molecule has 2 rings (SSSR count). The zero-order valence-electron chi connectivity index (χ0n) is 10.4. The number of rotatable bonds is 4. The van der Waals surface area contributed by atoms with E-state index in [-0.39, 0.29) is 11.9 Å². The maximum atomic E-state index is 12.9. The van der Waals surface area contributed by atoms with Gasteiger partial charge in [0.25, 0.3) is 5.91 Å². The molecule has 1 aromatic rings. The van der Waals surface area contributed by atoms with Gasteiger partial charge in [-0.2, -0.15) is 16.2 Å². The molecule has 98 valence electrons. The summed E-state index contributed by atoms with van der Waals surface area (Å²) in [5.74, 6) is 0.290. The number of hydrogen-bond donors (Lipinski definition) is 1. The molecule has 3 nitrogen and oxygen atoms in total. The Labute approximate surface area is 111 Å². The molecule has 1 N–H and O–H groups in total. The van der Waals surface area contributed by atoms with Gasteiger partial charge in [-0.3, -0.25) is 4.79 Å². The van der Waals surface area contributed by atoms with Crippen LogP contribution in [0.1, 0.15) is 36.5 Å². The molecular weight excluding hydrogens is 251 g/mol. The predicted molar refractivity (Wildman–Crippen MR) is 71.2 cm³/mol. The number of carbonyl (C=O) groups is 1. The summed E-state index contributed by atoms with van der Waals surface area (Å²) in [7, 11) is 0. The van der Waals surface area contributed by atoms with E-state index in [1.165, 1.54) is 18.3 Å². The van der Waals surface area contributed by atoms with E-state index in [1.807, 2.05) is 11.8 Å². The van der Waals surface area contributed by atoms with Crippen molar-refractivity contribution < 1.29 is 9.18 Å². The average Bonchev–Trinajstić information content (AvgIpc) is 2.77. The Morgan fingerprint density at radius 2 is 2.44 bits per heavy atom. The summed E-state index contributed by atoms with van der Waals surface area (Å²) >= 11 is 1.95. The third-order valence-corrected chi connectivity index (χ3v) is 4.34. The van der Waals surface area contributed by atoms with E-state index >= 15 is 0 Å². The highest BCUT2D eigenvalue weighted by Gasteiger charge is 2.26. The molecule has 1 aliphatic rings. The molecule has 0 aliphatic heterocycles. The van der Waals surface area contributed by atoms with Crippen molar-refractivity contribution >= 4 is 17.7 Å². The van der Waals surface area contributed by atoms with Crippen molar-refractivity contribution in [2.45, 2.75) is 37.5 Å². The van der Waals surface area contributed by atoms with Crippen LogP contribution in [0.25, 0.3) is 0 Å². The van der Waals surface area contributed by atoms with E-state index in [9.17, 15) is 9.18 Å². The summed E-state index contributed by atoms with van der Waals surface area (Å²) in [5.41, 5.74) is 0.342. The van der Waals surface area contributed by atoms with Crippen LogP contribution in [0.2, 0.25) is 0 Å². The summed E-state index contributed by atoms with van der Waals surface area (Å²) in [6.45, 7) is 2.15. The van der Waals surface area contributed by atoms with Crippen LogP contribution in [0.3, 0.4) is 0 Å². The maximum absolute atomic E-state index is 12.9.